The molecule has 1 amide bonds. The van der Waals surface area contributed by atoms with Crippen molar-refractivity contribution < 1.29 is 14.6 Å². The van der Waals surface area contributed by atoms with Gasteiger partial charge in [0.25, 0.3) is 0 Å². The lowest BCUT2D eigenvalue weighted by molar-refractivity contribution is -0.132. The number of aliphatic hydroxyl groups is 1. The fourth-order valence-electron chi connectivity index (χ4n) is 2.82. The largest absolute Gasteiger partial charge is 0.496 e. The van der Waals surface area contributed by atoms with E-state index in [1.165, 1.54) is 0 Å². The molecule has 0 radical (unpaired) electrons. The quantitative estimate of drug-likeness (QED) is 0.862. The molecule has 22 heavy (non-hydrogen) atoms. The van der Waals surface area contributed by atoms with Gasteiger partial charge in [0, 0.05) is 25.8 Å². The first-order valence-electron chi connectivity index (χ1n) is 7.83. The van der Waals surface area contributed by atoms with Crippen LogP contribution in [0.3, 0.4) is 0 Å². The van der Waals surface area contributed by atoms with Crippen LogP contribution in [0.4, 0.5) is 0 Å². The van der Waals surface area contributed by atoms with Gasteiger partial charge in [-0.2, -0.15) is 0 Å². The summed E-state index contributed by atoms with van der Waals surface area (Å²) in [4.78, 5) is 16.3. The number of piperidine rings is 1. The molecule has 5 heteroatoms. The van der Waals surface area contributed by atoms with E-state index in [0.29, 0.717) is 19.0 Å². The summed E-state index contributed by atoms with van der Waals surface area (Å²) in [7, 11) is 3.47. The molecule has 0 aromatic heterocycles. The zero-order chi connectivity index (χ0) is 15.9. The number of para-hydroxylation sites is 1. The van der Waals surface area contributed by atoms with E-state index in [2.05, 4.69) is 4.90 Å². The SMILES string of the molecule is COc1ccccc1CN(C)C(=O)CN1CCC(CO)CC1. The Morgan fingerprint density at radius 1 is 1.36 bits per heavy atom. The van der Waals surface area contributed by atoms with Gasteiger partial charge in [-0.05, 0) is 37.9 Å². The molecule has 0 spiro atoms. The molecule has 0 atom stereocenters. The van der Waals surface area contributed by atoms with Crippen molar-refractivity contribution in [2.45, 2.75) is 19.4 Å². The molecule has 5 nitrogen and oxygen atoms in total. The first kappa shape index (κ1) is 16.8. The standard InChI is InChI=1S/C17H26N2O3/c1-18(11-15-5-3-4-6-16(15)22-2)17(21)12-19-9-7-14(13-20)8-10-19/h3-6,14,20H,7-13H2,1-2H3. The maximum Gasteiger partial charge on any atom is 0.236 e. The molecular formula is C17H26N2O3. The summed E-state index contributed by atoms with van der Waals surface area (Å²) in [6.45, 7) is 3.04. The van der Waals surface area contributed by atoms with E-state index in [0.717, 1.165) is 37.2 Å². The Balaban J connectivity index is 1.85. The van der Waals surface area contributed by atoms with Crippen LogP contribution in [0.15, 0.2) is 24.3 Å². The Morgan fingerprint density at radius 2 is 2.05 bits per heavy atom. The Morgan fingerprint density at radius 3 is 2.68 bits per heavy atom. The number of carbonyl (C=O) groups is 1. The van der Waals surface area contributed by atoms with Crippen molar-refractivity contribution in [1.29, 1.82) is 0 Å². The summed E-state index contributed by atoms with van der Waals surface area (Å²) >= 11 is 0. The maximum absolute atomic E-state index is 12.4. The average molecular weight is 306 g/mol. The van der Waals surface area contributed by atoms with Crippen molar-refractivity contribution in [3.05, 3.63) is 29.8 Å². The number of amides is 1. The predicted molar refractivity (Wildman–Crippen MR) is 85.7 cm³/mol. The Labute approximate surface area is 132 Å². The number of nitrogens with zero attached hydrogens (tertiary/aromatic N) is 2. The van der Waals surface area contributed by atoms with Crippen molar-refractivity contribution in [1.82, 2.24) is 9.80 Å². The molecule has 1 N–H and O–H groups in total. The zero-order valence-corrected chi connectivity index (χ0v) is 13.5. The van der Waals surface area contributed by atoms with E-state index in [4.69, 9.17) is 9.84 Å². The molecule has 1 heterocycles. The highest BCUT2D eigenvalue weighted by Crippen LogP contribution is 2.19. The fourth-order valence-corrected chi connectivity index (χ4v) is 2.82. The van der Waals surface area contributed by atoms with Gasteiger partial charge in [-0.15, -0.1) is 0 Å². The number of hydrogen-bond acceptors (Lipinski definition) is 4. The van der Waals surface area contributed by atoms with Gasteiger partial charge in [0.05, 0.1) is 13.7 Å². The number of likely N-dealkylation sites (N-methyl/N-ethyl adjacent to an activating group) is 1. The topological polar surface area (TPSA) is 53.0 Å². The number of aliphatic hydroxyl groups excluding tert-OH is 1. The van der Waals surface area contributed by atoms with Crippen molar-refractivity contribution in [2.24, 2.45) is 5.92 Å². The summed E-state index contributed by atoms with van der Waals surface area (Å²) in [5, 5.41) is 9.16. The first-order valence-corrected chi connectivity index (χ1v) is 7.83. The van der Waals surface area contributed by atoms with Crippen molar-refractivity contribution in [3.63, 3.8) is 0 Å². The summed E-state index contributed by atoms with van der Waals surface area (Å²) in [5.41, 5.74) is 1.01. The lowest BCUT2D eigenvalue weighted by Gasteiger charge is -2.31. The molecule has 2 rings (SSSR count). The number of benzene rings is 1. The molecule has 0 saturated carbocycles. The van der Waals surface area contributed by atoms with Crippen LogP contribution in [0.25, 0.3) is 0 Å². The van der Waals surface area contributed by atoms with Crippen LogP contribution in [-0.2, 0) is 11.3 Å². The van der Waals surface area contributed by atoms with E-state index < -0.39 is 0 Å². The summed E-state index contributed by atoms with van der Waals surface area (Å²) in [6, 6.07) is 7.77. The molecule has 1 saturated heterocycles. The van der Waals surface area contributed by atoms with E-state index >= 15 is 0 Å². The van der Waals surface area contributed by atoms with Gasteiger partial charge in [-0.3, -0.25) is 9.69 Å². The highest BCUT2D eigenvalue weighted by Gasteiger charge is 2.21. The smallest absolute Gasteiger partial charge is 0.236 e. The maximum atomic E-state index is 12.4. The highest BCUT2D eigenvalue weighted by molar-refractivity contribution is 5.78. The number of ether oxygens (including phenoxy) is 1. The van der Waals surface area contributed by atoms with Crippen molar-refractivity contribution >= 4 is 5.91 Å². The third-order valence-electron chi connectivity index (χ3n) is 4.35. The monoisotopic (exact) mass is 306 g/mol. The third-order valence-corrected chi connectivity index (χ3v) is 4.35. The number of methoxy groups -OCH3 is 1. The molecule has 122 valence electrons. The molecule has 0 unspecified atom stereocenters. The second kappa shape index (κ2) is 8.15. The number of likely N-dealkylation sites (tertiary alicyclic amines) is 1. The number of rotatable bonds is 6. The van der Waals surface area contributed by atoms with Gasteiger partial charge >= 0.3 is 0 Å². The van der Waals surface area contributed by atoms with E-state index in [-0.39, 0.29) is 12.5 Å². The second-order valence-electron chi connectivity index (χ2n) is 5.96. The van der Waals surface area contributed by atoms with Crippen molar-refractivity contribution in [3.8, 4) is 5.75 Å². The molecule has 0 aliphatic carbocycles. The zero-order valence-electron chi connectivity index (χ0n) is 13.5. The summed E-state index contributed by atoms with van der Waals surface area (Å²) in [5.74, 6) is 1.33. The molecular weight excluding hydrogens is 280 g/mol. The second-order valence-corrected chi connectivity index (χ2v) is 5.96. The van der Waals surface area contributed by atoms with E-state index in [1.807, 2.05) is 31.3 Å². The van der Waals surface area contributed by atoms with Crippen LogP contribution in [-0.4, -0.2) is 61.2 Å². The Hall–Kier alpha value is -1.59. The molecule has 1 fully saturated rings. The van der Waals surface area contributed by atoms with Crippen molar-refractivity contribution in [2.75, 3.05) is 40.4 Å². The van der Waals surface area contributed by atoms with Crippen LogP contribution in [0.1, 0.15) is 18.4 Å². The van der Waals surface area contributed by atoms with Gasteiger partial charge in [-0.1, -0.05) is 18.2 Å². The molecule has 1 aliphatic rings. The lowest BCUT2D eigenvalue weighted by atomic mass is 9.98. The molecule has 1 aliphatic heterocycles. The Kier molecular flexibility index (Phi) is 6.21. The van der Waals surface area contributed by atoms with E-state index in [9.17, 15) is 4.79 Å². The van der Waals surface area contributed by atoms with Crippen LogP contribution >= 0.6 is 0 Å². The molecule has 1 aromatic carbocycles. The fraction of sp³-hybridized carbons (Fsp3) is 0.588. The molecule has 1 aromatic rings. The van der Waals surface area contributed by atoms with Crippen LogP contribution in [0.5, 0.6) is 5.75 Å². The van der Waals surface area contributed by atoms with Crippen LogP contribution in [0, 0.1) is 5.92 Å². The lowest BCUT2D eigenvalue weighted by Crippen LogP contribution is -2.42. The number of carbonyl (C=O) groups excluding carboxylic acids is 1. The summed E-state index contributed by atoms with van der Waals surface area (Å²) < 4.78 is 5.33. The predicted octanol–water partition coefficient (Wildman–Crippen LogP) is 1.36. The Bertz CT molecular complexity index is 485. The highest BCUT2D eigenvalue weighted by atomic mass is 16.5. The number of hydrogen-bond donors (Lipinski definition) is 1. The van der Waals surface area contributed by atoms with E-state index in [1.54, 1.807) is 12.0 Å². The van der Waals surface area contributed by atoms with Gasteiger partial charge in [-0.25, -0.2) is 0 Å². The molecule has 0 bridgehead atoms. The minimum atomic E-state index is 0.119. The third kappa shape index (κ3) is 4.45. The van der Waals surface area contributed by atoms with Gasteiger partial charge in [0.15, 0.2) is 0 Å². The van der Waals surface area contributed by atoms with Gasteiger partial charge < -0.3 is 14.7 Å². The average Bonchev–Trinajstić information content (AvgIpc) is 2.56. The van der Waals surface area contributed by atoms with Crippen LogP contribution < -0.4 is 4.74 Å². The normalized spacial score (nSPS) is 16.5. The van der Waals surface area contributed by atoms with Crippen LogP contribution in [0.2, 0.25) is 0 Å². The first-order chi connectivity index (χ1) is 10.6. The van der Waals surface area contributed by atoms with Gasteiger partial charge in [0.1, 0.15) is 5.75 Å². The summed E-state index contributed by atoms with van der Waals surface area (Å²) in [6.07, 6.45) is 1.94. The minimum absolute atomic E-state index is 0.119. The van der Waals surface area contributed by atoms with Gasteiger partial charge in [0.2, 0.25) is 5.91 Å². The minimum Gasteiger partial charge on any atom is -0.496 e.